The van der Waals surface area contributed by atoms with E-state index in [4.69, 9.17) is 16.3 Å². The maximum absolute atomic E-state index is 12.4. The van der Waals surface area contributed by atoms with Crippen molar-refractivity contribution in [3.8, 4) is 5.75 Å². The molecule has 0 bridgehead atoms. The molecular weight excluding hydrogens is 312 g/mol. The van der Waals surface area contributed by atoms with Crippen molar-refractivity contribution in [3.63, 3.8) is 0 Å². The van der Waals surface area contributed by atoms with E-state index >= 15 is 0 Å². The summed E-state index contributed by atoms with van der Waals surface area (Å²) in [5, 5.41) is 9.94. The summed E-state index contributed by atoms with van der Waals surface area (Å²) in [7, 11) is 0. The number of hydrogen-bond donors (Lipinski definition) is 2. The number of aliphatic hydroxyl groups is 1. The summed E-state index contributed by atoms with van der Waals surface area (Å²) in [6.07, 6.45) is -0.731. The molecule has 7 heteroatoms. The van der Waals surface area contributed by atoms with Crippen molar-refractivity contribution in [2.24, 2.45) is 0 Å². The molecule has 21 heavy (non-hydrogen) atoms. The Labute approximate surface area is 133 Å². The van der Waals surface area contributed by atoms with Gasteiger partial charge in [0.15, 0.2) is 10.9 Å². The molecule has 2 heterocycles. The van der Waals surface area contributed by atoms with E-state index in [9.17, 15) is 9.66 Å². The number of halogens is 1. The number of rotatable bonds is 3. The molecule has 0 spiro atoms. The normalized spacial score (nSPS) is 24.4. The minimum atomic E-state index is -1.25. The van der Waals surface area contributed by atoms with Crippen LogP contribution in [-0.2, 0) is 16.9 Å². The average molecular weight is 333 g/mol. The van der Waals surface area contributed by atoms with Gasteiger partial charge in [-0.15, -0.1) is 4.72 Å². The van der Waals surface area contributed by atoms with Gasteiger partial charge >= 0.3 is 0 Å². The van der Waals surface area contributed by atoms with Gasteiger partial charge in [-0.2, -0.15) is 0 Å². The van der Waals surface area contributed by atoms with Gasteiger partial charge in [0.1, 0.15) is 16.9 Å². The summed E-state index contributed by atoms with van der Waals surface area (Å²) >= 11 is 4.87. The largest absolute Gasteiger partial charge is 0.598 e. The fourth-order valence-electron chi connectivity index (χ4n) is 2.02. The molecule has 0 saturated heterocycles. The van der Waals surface area contributed by atoms with Gasteiger partial charge in [-0.25, -0.2) is 4.98 Å². The summed E-state index contributed by atoms with van der Waals surface area (Å²) in [4.78, 5) is 4.12. The Bertz CT molecular complexity index is 548. The predicted molar refractivity (Wildman–Crippen MR) is 83.8 cm³/mol. The van der Waals surface area contributed by atoms with Crippen molar-refractivity contribution in [2.75, 3.05) is 6.61 Å². The van der Waals surface area contributed by atoms with Crippen LogP contribution in [0.5, 0.6) is 5.75 Å². The quantitative estimate of drug-likeness (QED) is 0.656. The Hall–Kier alpha value is -0.530. The lowest BCUT2D eigenvalue weighted by molar-refractivity contribution is 0.194. The van der Waals surface area contributed by atoms with E-state index in [1.54, 1.807) is 13.0 Å². The smallest absolute Gasteiger partial charge is 0.171 e. The van der Waals surface area contributed by atoms with Gasteiger partial charge in [-0.1, -0.05) is 11.6 Å². The fraction of sp³-hybridized carbons (Fsp3) is 0.643. The number of pyridine rings is 1. The molecule has 1 aromatic rings. The zero-order valence-electron chi connectivity index (χ0n) is 12.9. The maximum Gasteiger partial charge on any atom is 0.171 e. The first-order valence-corrected chi connectivity index (χ1v) is 8.29. The fourth-order valence-corrected chi connectivity index (χ4v) is 3.16. The predicted octanol–water partition coefficient (Wildman–Crippen LogP) is 2.45. The van der Waals surface area contributed by atoms with Crippen molar-refractivity contribution < 1.29 is 14.4 Å². The van der Waals surface area contributed by atoms with Crippen LogP contribution in [0.3, 0.4) is 0 Å². The highest BCUT2D eigenvalue weighted by atomic mass is 35.5. The van der Waals surface area contributed by atoms with E-state index in [2.05, 4.69) is 9.71 Å². The number of hydrogen-bond acceptors (Lipinski definition) is 5. The van der Waals surface area contributed by atoms with Crippen LogP contribution in [0, 0.1) is 0 Å². The van der Waals surface area contributed by atoms with E-state index in [0.717, 1.165) is 5.56 Å². The van der Waals surface area contributed by atoms with Crippen LogP contribution in [0.25, 0.3) is 0 Å². The molecule has 2 N–H and O–H groups in total. The third kappa shape index (κ3) is 3.29. The highest BCUT2D eigenvalue weighted by Gasteiger charge is 2.44. The van der Waals surface area contributed by atoms with Crippen molar-refractivity contribution in [3.05, 3.63) is 22.5 Å². The van der Waals surface area contributed by atoms with Crippen LogP contribution in [0.15, 0.2) is 6.07 Å². The van der Waals surface area contributed by atoms with Crippen LogP contribution in [-0.4, -0.2) is 26.0 Å². The Morgan fingerprint density at radius 3 is 2.71 bits per heavy atom. The molecule has 0 aliphatic carbocycles. The zero-order valence-corrected chi connectivity index (χ0v) is 14.4. The summed E-state index contributed by atoms with van der Waals surface area (Å²) in [6.45, 7) is 9.54. The van der Waals surface area contributed by atoms with Crippen molar-refractivity contribution in [2.45, 2.75) is 51.0 Å². The lowest BCUT2D eigenvalue weighted by Crippen LogP contribution is -2.50. The number of nitrogens with one attached hydrogen (secondary N) is 1. The Morgan fingerprint density at radius 2 is 2.19 bits per heavy atom. The number of aromatic nitrogens is 1. The van der Waals surface area contributed by atoms with Gasteiger partial charge in [-0.05, 0) is 40.7 Å². The molecule has 3 unspecified atom stereocenters. The molecule has 1 aliphatic heterocycles. The molecule has 0 saturated carbocycles. The molecule has 118 valence electrons. The second kappa shape index (κ2) is 5.59. The second-order valence-corrected chi connectivity index (χ2v) is 8.82. The molecule has 1 aliphatic rings. The first-order valence-electron chi connectivity index (χ1n) is 6.76. The number of aliphatic hydroxyl groups excluding tert-OH is 1. The Morgan fingerprint density at radius 1 is 1.57 bits per heavy atom. The SMILES string of the molecule is CC(O)c1cc2c(c(Cl)n1)OCC2(C)N[S+]([O-])C(C)(C)C. The molecule has 0 radical (unpaired) electrons. The Balaban J connectivity index is 2.40. The average Bonchev–Trinajstić information content (AvgIpc) is 2.66. The first kappa shape index (κ1) is 16.8. The van der Waals surface area contributed by atoms with E-state index in [1.807, 2.05) is 27.7 Å². The number of fused-ring (bicyclic) bond motifs is 1. The van der Waals surface area contributed by atoms with Gasteiger partial charge in [0.2, 0.25) is 0 Å². The monoisotopic (exact) mass is 332 g/mol. The Kier molecular flexibility index (Phi) is 4.48. The van der Waals surface area contributed by atoms with Crippen molar-refractivity contribution in [1.29, 1.82) is 0 Å². The summed E-state index contributed by atoms with van der Waals surface area (Å²) < 4.78 is 20.7. The molecule has 0 aromatic carbocycles. The third-order valence-electron chi connectivity index (χ3n) is 3.35. The van der Waals surface area contributed by atoms with Crippen LogP contribution in [0.2, 0.25) is 5.15 Å². The van der Waals surface area contributed by atoms with Gasteiger partial charge in [0, 0.05) is 16.9 Å². The van der Waals surface area contributed by atoms with Gasteiger partial charge in [-0.3, -0.25) is 0 Å². The minimum absolute atomic E-state index is 0.218. The lowest BCUT2D eigenvalue weighted by Gasteiger charge is -2.31. The third-order valence-corrected chi connectivity index (χ3v) is 5.36. The summed E-state index contributed by atoms with van der Waals surface area (Å²) in [5.74, 6) is 0.488. The van der Waals surface area contributed by atoms with Gasteiger partial charge < -0.3 is 14.4 Å². The highest BCUT2D eigenvalue weighted by Crippen LogP contribution is 2.42. The summed E-state index contributed by atoms with van der Waals surface area (Å²) in [5.41, 5.74) is 0.610. The van der Waals surface area contributed by atoms with E-state index in [0.29, 0.717) is 18.1 Å². The second-order valence-electron chi connectivity index (χ2n) is 6.49. The van der Waals surface area contributed by atoms with E-state index in [1.165, 1.54) is 0 Å². The van der Waals surface area contributed by atoms with Gasteiger partial charge in [0.25, 0.3) is 0 Å². The summed E-state index contributed by atoms with van der Waals surface area (Å²) in [6, 6.07) is 1.76. The molecule has 0 fully saturated rings. The maximum atomic E-state index is 12.4. The zero-order chi connectivity index (χ0) is 16.0. The lowest BCUT2D eigenvalue weighted by atomic mass is 9.95. The van der Waals surface area contributed by atoms with E-state index < -0.39 is 27.8 Å². The van der Waals surface area contributed by atoms with Crippen molar-refractivity contribution >= 4 is 23.0 Å². The molecule has 5 nitrogen and oxygen atoms in total. The number of nitrogens with zero attached hydrogens (tertiary/aromatic N) is 1. The molecule has 2 rings (SSSR count). The molecular formula is C14H21ClN2O3S. The van der Waals surface area contributed by atoms with Gasteiger partial charge in [0.05, 0.1) is 11.8 Å². The molecule has 3 atom stereocenters. The topological polar surface area (TPSA) is 77.4 Å². The van der Waals surface area contributed by atoms with Crippen LogP contribution in [0.4, 0.5) is 0 Å². The first-order chi connectivity index (χ1) is 9.54. The van der Waals surface area contributed by atoms with Crippen LogP contribution < -0.4 is 9.46 Å². The highest BCUT2D eigenvalue weighted by molar-refractivity contribution is 7.90. The van der Waals surface area contributed by atoms with Crippen LogP contribution in [0.1, 0.15) is 52.0 Å². The van der Waals surface area contributed by atoms with Crippen LogP contribution >= 0.6 is 11.6 Å². The minimum Gasteiger partial charge on any atom is -0.598 e. The molecule has 0 amide bonds. The van der Waals surface area contributed by atoms with E-state index in [-0.39, 0.29) is 5.15 Å². The standard InChI is InChI=1S/C14H21ClN2O3S/c1-8(18)10-6-9-11(12(15)16-10)20-7-14(9,5)17-21(19)13(2,3)4/h6,8,17-18H,7H2,1-5H3. The van der Waals surface area contributed by atoms with Crippen molar-refractivity contribution in [1.82, 2.24) is 9.71 Å². The number of ether oxygens (including phenoxy) is 1. The molecule has 1 aromatic heterocycles.